The summed E-state index contributed by atoms with van der Waals surface area (Å²) >= 11 is 22.5. The predicted molar refractivity (Wildman–Crippen MR) is 53.1 cm³/mol. The Bertz CT molecular complexity index is 310. The van der Waals surface area contributed by atoms with E-state index in [-0.39, 0.29) is 10.1 Å². The maximum absolute atomic E-state index is 10.6. The Kier molecular flexibility index (Phi) is 3.12. The molecule has 0 radical (unpaired) electrons. The number of rotatable bonds is 1. The maximum atomic E-state index is 10.6. The van der Waals surface area contributed by atoms with Crippen LogP contribution in [0.4, 0.5) is 0 Å². The van der Waals surface area contributed by atoms with Gasteiger partial charge in [-0.05, 0) is 12.2 Å². The lowest BCUT2D eigenvalue weighted by atomic mass is 10.1. The van der Waals surface area contributed by atoms with E-state index in [2.05, 4.69) is 0 Å². The van der Waals surface area contributed by atoms with Crippen molar-refractivity contribution in [2.75, 3.05) is 0 Å². The lowest BCUT2D eigenvalue weighted by Gasteiger charge is -2.22. The second-order valence-corrected chi connectivity index (χ2v) is 4.65. The quantitative estimate of drug-likeness (QED) is 0.414. The molecule has 0 aromatic rings. The Balaban J connectivity index is 3.16. The van der Waals surface area contributed by atoms with Crippen LogP contribution in [0.3, 0.4) is 0 Å². The van der Waals surface area contributed by atoms with Crippen LogP contribution >= 0.6 is 46.4 Å². The molecule has 0 heterocycles. The maximum Gasteiger partial charge on any atom is 0.285 e. The van der Waals surface area contributed by atoms with Crippen LogP contribution < -0.4 is 0 Å². The summed E-state index contributed by atoms with van der Waals surface area (Å²) in [6.07, 6.45) is 2.57. The van der Waals surface area contributed by atoms with Crippen molar-refractivity contribution in [1.29, 1.82) is 0 Å². The zero-order valence-electron chi connectivity index (χ0n) is 6.01. The van der Waals surface area contributed by atoms with Gasteiger partial charge in [0.1, 0.15) is 5.03 Å². The number of hydrogen-bond donors (Lipinski definition) is 0. The largest absolute Gasteiger partial charge is 0.285 e. The average Bonchev–Trinajstić information content (AvgIpc) is 1.96. The highest BCUT2D eigenvalue weighted by Gasteiger charge is 2.47. The van der Waals surface area contributed by atoms with Gasteiger partial charge >= 0.3 is 0 Å². The Morgan fingerprint density at radius 1 is 1.46 bits per heavy atom. The summed E-state index contributed by atoms with van der Waals surface area (Å²) in [5.41, 5.74) is 0. The second kappa shape index (κ2) is 3.65. The van der Waals surface area contributed by atoms with E-state index >= 15 is 0 Å². The lowest BCUT2D eigenvalue weighted by molar-refractivity contribution is -0.511. The summed E-state index contributed by atoms with van der Waals surface area (Å²) in [7, 11) is 0. The third kappa shape index (κ3) is 2.10. The smallest absolute Gasteiger partial charge is 0.264 e. The summed E-state index contributed by atoms with van der Waals surface area (Å²) < 4.78 is -1.64. The molecule has 0 N–H and O–H groups in total. The van der Waals surface area contributed by atoms with E-state index in [9.17, 15) is 10.1 Å². The van der Waals surface area contributed by atoms with Crippen LogP contribution in [0.1, 0.15) is 0 Å². The van der Waals surface area contributed by atoms with Gasteiger partial charge in [0.25, 0.3) is 6.04 Å². The fraction of sp³-hybridized carbons (Fsp3) is 0.333. The molecule has 0 saturated carbocycles. The van der Waals surface area contributed by atoms with E-state index in [4.69, 9.17) is 46.4 Å². The van der Waals surface area contributed by atoms with Crippen LogP contribution in [0.5, 0.6) is 0 Å². The zero-order chi connectivity index (χ0) is 10.2. The molecule has 1 unspecified atom stereocenters. The van der Waals surface area contributed by atoms with E-state index < -0.39 is 15.3 Å². The molecule has 7 heteroatoms. The standard InChI is InChI=1S/C6H3Cl4NO2/c7-3-1-2-6(9,10)5(4(3)8)11(12)13/h1-2,5H. The summed E-state index contributed by atoms with van der Waals surface area (Å²) in [6, 6.07) is -1.41. The van der Waals surface area contributed by atoms with E-state index in [1.54, 1.807) is 0 Å². The molecule has 0 spiro atoms. The Hall–Kier alpha value is 0.0400. The number of alkyl halides is 2. The third-order valence-electron chi connectivity index (χ3n) is 1.50. The highest BCUT2D eigenvalue weighted by Crippen LogP contribution is 2.40. The minimum atomic E-state index is -1.64. The molecule has 1 aliphatic carbocycles. The molecule has 0 aliphatic heterocycles. The third-order valence-corrected chi connectivity index (χ3v) is 3.00. The minimum Gasteiger partial charge on any atom is -0.264 e. The molecule has 0 bridgehead atoms. The van der Waals surface area contributed by atoms with Gasteiger partial charge in [0.15, 0.2) is 0 Å². The highest BCUT2D eigenvalue weighted by atomic mass is 35.5. The van der Waals surface area contributed by atoms with E-state index in [1.807, 2.05) is 0 Å². The number of nitro groups is 1. The average molecular weight is 263 g/mol. The van der Waals surface area contributed by atoms with Crippen molar-refractivity contribution in [2.24, 2.45) is 0 Å². The van der Waals surface area contributed by atoms with Gasteiger partial charge in [0, 0.05) is 4.92 Å². The van der Waals surface area contributed by atoms with Crippen molar-refractivity contribution in [1.82, 2.24) is 0 Å². The SMILES string of the molecule is O=[N+]([O-])C1C(Cl)=C(Cl)C=CC1(Cl)Cl. The van der Waals surface area contributed by atoms with Crippen molar-refractivity contribution in [3.8, 4) is 0 Å². The minimum absolute atomic E-state index is 0.0836. The van der Waals surface area contributed by atoms with Crippen LogP contribution in [0, 0.1) is 10.1 Å². The number of hydrogen-bond acceptors (Lipinski definition) is 2. The van der Waals surface area contributed by atoms with Crippen LogP contribution in [0.25, 0.3) is 0 Å². The van der Waals surface area contributed by atoms with Gasteiger partial charge in [-0.15, -0.1) is 0 Å². The first-order chi connectivity index (χ1) is 5.86. The fourth-order valence-corrected chi connectivity index (χ4v) is 1.98. The molecule has 1 rings (SSSR count). The summed E-state index contributed by atoms with van der Waals surface area (Å²) in [4.78, 5) is 9.88. The van der Waals surface area contributed by atoms with Crippen LogP contribution in [-0.2, 0) is 0 Å². The van der Waals surface area contributed by atoms with E-state index in [1.165, 1.54) is 12.2 Å². The van der Waals surface area contributed by atoms with Crippen LogP contribution in [0.15, 0.2) is 22.2 Å². The van der Waals surface area contributed by atoms with Gasteiger partial charge in [-0.3, -0.25) is 10.1 Å². The molecule has 1 atom stereocenters. The lowest BCUT2D eigenvalue weighted by Crippen LogP contribution is -2.38. The van der Waals surface area contributed by atoms with Crippen molar-refractivity contribution in [3.05, 3.63) is 32.3 Å². The summed E-state index contributed by atoms with van der Waals surface area (Å²) in [5.74, 6) is 0. The highest BCUT2D eigenvalue weighted by molar-refractivity contribution is 6.52. The normalized spacial score (nSPS) is 26.3. The van der Waals surface area contributed by atoms with Crippen LogP contribution in [-0.4, -0.2) is 15.3 Å². The summed E-state index contributed by atoms with van der Waals surface area (Å²) in [6.45, 7) is 0. The first kappa shape index (κ1) is 11.1. The Morgan fingerprint density at radius 3 is 2.38 bits per heavy atom. The molecular weight excluding hydrogens is 260 g/mol. The van der Waals surface area contributed by atoms with Gasteiger partial charge in [0.05, 0.1) is 5.03 Å². The van der Waals surface area contributed by atoms with Crippen molar-refractivity contribution in [2.45, 2.75) is 10.4 Å². The van der Waals surface area contributed by atoms with E-state index in [0.29, 0.717) is 0 Å². The monoisotopic (exact) mass is 261 g/mol. The van der Waals surface area contributed by atoms with E-state index in [0.717, 1.165) is 0 Å². The van der Waals surface area contributed by atoms with Crippen molar-refractivity contribution >= 4 is 46.4 Å². The Morgan fingerprint density at radius 2 is 2.00 bits per heavy atom. The first-order valence-electron chi connectivity index (χ1n) is 3.12. The van der Waals surface area contributed by atoms with Gasteiger partial charge in [-0.1, -0.05) is 46.4 Å². The molecular formula is C6H3Cl4NO2. The van der Waals surface area contributed by atoms with Crippen LogP contribution in [0.2, 0.25) is 0 Å². The number of allylic oxidation sites excluding steroid dienone is 2. The molecule has 72 valence electrons. The number of halogens is 4. The first-order valence-corrected chi connectivity index (χ1v) is 4.63. The number of nitrogens with zero attached hydrogens (tertiary/aromatic N) is 1. The molecule has 0 saturated heterocycles. The molecule has 1 aliphatic rings. The van der Waals surface area contributed by atoms with Gasteiger partial charge < -0.3 is 0 Å². The Labute approximate surface area is 94.0 Å². The van der Waals surface area contributed by atoms with Gasteiger partial charge in [-0.2, -0.15) is 0 Å². The topological polar surface area (TPSA) is 43.1 Å². The molecule has 3 nitrogen and oxygen atoms in total. The molecule has 0 amide bonds. The predicted octanol–water partition coefficient (Wildman–Crippen LogP) is 3.06. The zero-order valence-corrected chi connectivity index (χ0v) is 9.03. The molecule has 0 aromatic heterocycles. The molecule has 0 fully saturated rings. The molecule has 0 aromatic carbocycles. The molecule has 13 heavy (non-hydrogen) atoms. The van der Waals surface area contributed by atoms with Crippen molar-refractivity contribution in [3.63, 3.8) is 0 Å². The van der Waals surface area contributed by atoms with Gasteiger partial charge in [0.2, 0.25) is 4.33 Å². The van der Waals surface area contributed by atoms with Gasteiger partial charge in [-0.25, -0.2) is 0 Å². The summed E-state index contributed by atoms with van der Waals surface area (Å²) in [5, 5.41) is 10.5. The van der Waals surface area contributed by atoms with Crippen molar-refractivity contribution < 1.29 is 4.92 Å². The second-order valence-electron chi connectivity index (χ2n) is 2.39. The fourth-order valence-electron chi connectivity index (χ4n) is 0.888.